The largest absolute Gasteiger partial charge is 0.325 e. The maximum atomic E-state index is 12.3. The van der Waals surface area contributed by atoms with E-state index >= 15 is 0 Å². The van der Waals surface area contributed by atoms with Crippen LogP contribution in [0.25, 0.3) is 5.78 Å². The average molecular weight is 357 g/mol. The molecule has 0 fully saturated rings. The highest BCUT2D eigenvalue weighted by atomic mass is 32.2. The fourth-order valence-corrected chi connectivity index (χ4v) is 3.26. The first kappa shape index (κ1) is 17.2. The van der Waals surface area contributed by atoms with E-state index < -0.39 is 0 Å². The van der Waals surface area contributed by atoms with Crippen LogP contribution in [-0.2, 0) is 4.79 Å². The smallest absolute Gasteiger partial charge is 0.255 e. The molecule has 0 aliphatic carbocycles. The minimum Gasteiger partial charge on any atom is -0.325 e. The third kappa shape index (κ3) is 3.30. The number of aryl methyl sites for hydroxylation is 2. The summed E-state index contributed by atoms with van der Waals surface area (Å²) in [5, 5.41) is 11.5. The number of anilines is 1. The van der Waals surface area contributed by atoms with Gasteiger partial charge in [-0.15, -0.1) is 10.2 Å². The number of fused-ring (bicyclic) bond motifs is 1. The number of thioether (sulfide) groups is 1. The van der Waals surface area contributed by atoms with Gasteiger partial charge in [0, 0.05) is 16.9 Å². The zero-order valence-electron chi connectivity index (χ0n) is 14.5. The number of carbonyl (C=O) groups is 1. The van der Waals surface area contributed by atoms with Gasteiger partial charge in [-0.2, -0.15) is 0 Å². The van der Waals surface area contributed by atoms with E-state index in [4.69, 9.17) is 0 Å². The molecule has 0 bridgehead atoms. The number of nitrogens with one attached hydrogen (secondary N) is 2. The highest BCUT2D eigenvalue weighted by molar-refractivity contribution is 7.99. The molecule has 1 amide bonds. The van der Waals surface area contributed by atoms with E-state index in [1.165, 1.54) is 11.8 Å². The predicted octanol–water partition coefficient (Wildman–Crippen LogP) is 2.38. The van der Waals surface area contributed by atoms with Gasteiger partial charge in [-0.1, -0.05) is 23.9 Å². The van der Waals surface area contributed by atoms with Crippen molar-refractivity contribution in [1.82, 2.24) is 19.6 Å². The SMILES string of the molecule is Cc1cccc(NC(=O)CSc2nnc3[nH]c(=O)c(C)c(C)n23)c1C. The lowest BCUT2D eigenvalue weighted by Crippen LogP contribution is -2.17. The van der Waals surface area contributed by atoms with Crippen LogP contribution in [0, 0.1) is 27.7 Å². The standard InChI is InChI=1S/C17H19N5O2S/c1-9-6-5-7-13(10(9)2)18-14(23)8-25-17-21-20-16-19-15(24)11(3)12(4)22(16)17/h5-7H,8H2,1-4H3,(H,18,23)(H,19,20,24). The van der Waals surface area contributed by atoms with Gasteiger partial charge in [-0.25, -0.2) is 0 Å². The lowest BCUT2D eigenvalue weighted by Gasteiger charge is -2.10. The monoisotopic (exact) mass is 357 g/mol. The van der Waals surface area contributed by atoms with E-state index in [0.29, 0.717) is 16.5 Å². The van der Waals surface area contributed by atoms with Crippen molar-refractivity contribution >= 4 is 29.1 Å². The van der Waals surface area contributed by atoms with Gasteiger partial charge >= 0.3 is 0 Å². The second kappa shape index (κ2) is 6.72. The first-order chi connectivity index (χ1) is 11.9. The number of rotatable bonds is 4. The molecule has 7 nitrogen and oxygen atoms in total. The Balaban J connectivity index is 1.77. The molecule has 130 valence electrons. The zero-order valence-corrected chi connectivity index (χ0v) is 15.3. The summed E-state index contributed by atoms with van der Waals surface area (Å²) >= 11 is 1.28. The summed E-state index contributed by atoms with van der Waals surface area (Å²) in [6.07, 6.45) is 0. The van der Waals surface area contributed by atoms with Crippen LogP contribution in [0.5, 0.6) is 0 Å². The Labute approximate surface area is 148 Å². The van der Waals surface area contributed by atoms with E-state index in [9.17, 15) is 9.59 Å². The molecule has 3 rings (SSSR count). The lowest BCUT2D eigenvalue weighted by molar-refractivity contribution is -0.113. The third-order valence-electron chi connectivity index (χ3n) is 4.29. The number of hydrogen-bond acceptors (Lipinski definition) is 5. The van der Waals surface area contributed by atoms with Crippen molar-refractivity contribution < 1.29 is 4.79 Å². The van der Waals surface area contributed by atoms with Gasteiger partial charge < -0.3 is 5.32 Å². The number of carbonyl (C=O) groups excluding carboxylic acids is 1. The number of nitrogens with zero attached hydrogens (tertiary/aromatic N) is 3. The summed E-state index contributed by atoms with van der Waals surface area (Å²) < 4.78 is 1.76. The van der Waals surface area contributed by atoms with E-state index in [-0.39, 0.29) is 17.2 Å². The molecule has 2 heterocycles. The van der Waals surface area contributed by atoms with Crippen molar-refractivity contribution in [1.29, 1.82) is 0 Å². The summed E-state index contributed by atoms with van der Waals surface area (Å²) in [6.45, 7) is 7.57. The Morgan fingerprint density at radius 1 is 1.20 bits per heavy atom. The molecule has 0 aliphatic heterocycles. The molecular weight excluding hydrogens is 338 g/mol. The molecule has 1 aromatic carbocycles. The van der Waals surface area contributed by atoms with Gasteiger partial charge in [-0.05, 0) is 44.9 Å². The van der Waals surface area contributed by atoms with E-state index in [2.05, 4.69) is 20.5 Å². The van der Waals surface area contributed by atoms with Crippen LogP contribution in [0.4, 0.5) is 5.69 Å². The fraction of sp³-hybridized carbons (Fsp3) is 0.294. The molecule has 3 aromatic rings. The van der Waals surface area contributed by atoms with Crippen molar-refractivity contribution in [3.8, 4) is 0 Å². The summed E-state index contributed by atoms with van der Waals surface area (Å²) in [7, 11) is 0. The van der Waals surface area contributed by atoms with Crippen molar-refractivity contribution in [3.63, 3.8) is 0 Å². The van der Waals surface area contributed by atoms with Gasteiger partial charge in [0.15, 0.2) is 5.16 Å². The van der Waals surface area contributed by atoms with Crippen LogP contribution in [-0.4, -0.2) is 31.2 Å². The highest BCUT2D eigenvalue weighted by Gasteiger charge is 2.14. The lowest BCUT2D eigenvalue weighted by atomic mass is 10.1. The molecule has 2 aromatic heterocycles. The van der Waals surface area contributed by atoms with Crippen molar-refractivity contribution in [2.24, 2.45) is 0 Å². The van der Waals surface area contributed by atoms with Gasteiger partial charge in [0.05, 0.1) is 5.75 Å². The summed E-state index contributed by atoms with van der Waals surface area (Å²) in [5.74, 6) is 0.464. The molecule has 0 aliphatic rings. The average Bonchev–Trinajstić information content (AvgIpc) is 2.98. The summed E-state index contributed by atoms with van der Waals surface area (Å²) in [5.41, 5.74) is 4.19. The third-order valence-corrected chi connectivity index (χ3v) is 5.22. The normalized spacial score (nSPS) is 11.0. The molecule has 2 N–H and O–H groups in total. The first-order valence-electron chi connectivity index (χ1n) is 7.82. The molecule has 0 saturated heterocycles. The summed E-state index contributed by atoms with van der Waals surface area (Å²) in [4.78, 5) is 26.7. The van der Waals surface area contributed by atoms with Crippen LogP contribution in [0.1, 0.15) is 22.4 Å². The summed E-state index contributed by atoms with van der Waals surface area (Å²) in [6, 6.07) is 5.81. The zero-order chi connectivity index (χ0) is 18.1. The predicted molar refractivity (Wildman–Crippen MR) is 98.4 cm³/mol. The van der Waals surface area contributed by atoms with Crippen LogP contribution in [0.15, 0.2) is 28.2 Å². The molecule has 0 spiro atoms. The van der Waals surface area contributed by atoms with Crippen LogP contribution in [0.2, 0.25) is 0 Å². The second-order valence-corrected chi connectivity index (χ2v) is 6.83. The van der Waals surface area contributed by atoms with Gasteiger partial charge in [0.1, 0.15) is 0 Å². The fourth-order valence-electron chi connectivity index (χ4n) is 2.48. The van der Waals surface area contributed by atoms with Gasteiger partial charge in [0.25, 0.3) is 5.56 Å². The van der Waals surface area contributed by atoms with Crippen molar-refractivity contribution in [2.45, 2.75) is 32.9 Å². The number of hydrogen-bond donors (Lipinski definition) is 2. The molecule has 0 radical (unpaired) electrons. The maximum absolute atomic E-state index is 12.3. The molecule has 0 atom stereocenters. The highest BCUT2D eigenvalue weighted by Crippen LogP contribution is 2.21. The molecule has 8 heteroatoms. The Morgan fingerprint density at radius 3 is 2.72 bits per heavy atom. The molecule has 25 heavy (non-hydrogen) atoms. The topological polar surface area (TPSA) is 92.2 Å². The van der Waals surface area contributed by atoms with E-state index in [1.54, 1.807) is 11.3 Å². The molecular formula is C17H19N5O2S. The minimum absolute atomic E-state index is 0.116. The Kier molecular flexibility index (Phi) is 4.63. The van der Waals surface area contributed by atoms with E-state index in [0.717, 1.165) is 22.5 Å². The van der Waals surface area contributed by atoms with Crippen LogP contribution < -0.4 is 10.9 Å². The quantitative estimate of drug-likeness (QED) is 0.700. The van der Waals surface area contributed by atoms with Crippen molar-refractivity contribution in [2.75, 3.05) is 11.1 Å². The second-order valence-electron chi connectivity index (χ2n) is 5.89. The molecule has 0 unspecified atom stereocenters. The minimum atomic E-state index is -0.179. The first-order valence-corrected chi connectivity index (χ1v) is 8.80. The van der Waals surface area contributed by atoms with Crippen LogP contribution >= 0.6 is 11.8 Å². The van der Waals surface area contributed by atoms with E-state index in [1.807, 2.05) is 39.0 Å². The van der Waals surface area contributed by atoms with Gasteiger partial charge in [-0.3, -0.25) is 19.0 Å². The molecule has 0 saturated carbocycles. The number of H-pyrrole nitrogens is 1. The Hall–Kier alpha value is -2.61. The van der Waals surface area contributed by atoms with Crippen molar-refractivity contribution in [3.05, 3.63) is 50.9 Å². The number of aromatic amines is 1. The number of benzene rings is 1. The van der Waals surface area contributed by atoms with Gasteiger partial charge in [0.2, 0.25) is 11.7 Å². The Morgan fingerprint density at radius 2 is 1.96 bits per heavy atom. The number of aromatic nitrogens is 4. The van der Waals surface area contributed by atoms with Crippen LogP contribution in [0.3, 0.4) is 0 Å². The maximum Gasteiger partial charge on any atom is 0.255 e. The Bertz CT molecular complexity index is 1020. The number of amides is 1.